The number of halogens is 2. The van der Waals surface area contributed by atoms with E-state index in [0.717, 1.165) is 24.5 Å². The minimum Gasteiger partial charge on any atom is -0.384 e. The van der Waals surface area contributed by atoms with E-state index in [0.29, 0.717) is 37.8 Å². The Balaban J connectivity index is 1.39. The van der Waals surface area contributed by atoms with Crippen molar-refractivity contribution in [2.45, 2.75) is 44.2 Å². The maximum atomic E-state index is 14.7. The maximum Gasteiger partial charge on any atom is 0.227 e. The highest BCUT2D eigenvalue weighted by molar-refractivity contribution is 5.81. The van der Waals surface area contributed by atoms with Gasteiger partial charge < -0.3 is 10.0 Å². The Morgan fingerprint density at radius 2 is 1.64 bits per heavy atom. The lowest BCUT2D eigenvalue weighted by molar-refractivity contribution is -0.152. The number of carbonyl (C=O) groups is 1. The first-order chi connectivity index (χ1) is 15.8. The molecule has 2 heterocycles. The van der Waals surface area contributed by atoms with Gasteiger partial charge in [0, 0.05) is 56.0 Å². The second-order valence-electron chi connectivity index (χ2n) is 10.3. The minimum atomic E-state index is -1.00. The Morgan fingerprint density at radius 1 is 0.970 bits per heavy atom. The zero-order valence-electron chi connectivity index (χ0n) is 19.3. The smallest absolute Gasteiger partial charge is 0.227 e. The summed E-state index contributed by atoms with van der Waals surface area (Å²) in [6, 6.07) is 13.9. The minimum absolute atomic E-state index is 0.0145. The number of benzene rings is 2. The molecule has 5 atom stereocenters. The Labute approximate surface area is 194 Å². The van der Waals surface area contributed by atoms with Crippen molar-refractivity contribution in [3.8, 4) is 0 Å². The molecule has 2 saturated heterocycles. The zero-order valence-corrected chi connectivity index (χ0v) is 19.3. The van der Waals surface area contributed by atoms with Crippen molar-refractivity contribution in [3.63, 3.8) is 0 Å². The van der Waals surface area contributed by atoms with E-state index in [1.807, 2.05) is 49.1 Å². The number of carbonyl (C=O) groups excluding carboxylic acids is 1. The van der Waals surface area contributed by atoms with E-state index in [-0.39, 0.29) is 29.6 Å². The quantitative estimate of drug-likeness (QED) is 0.755. The van der Waals surface area contributed by atoms with Gasteiger partial charge in [-0.15, -0.1) is 0 Å². The van der Waals surface area contributed by atoms with E-state index in [4.69, 9.17) is 0 Å². The van der Waals surface area contributed by atoms with Crippen molar-refractivity contribution >= 4 is 5.91 Å². The highest BCUT2D eigenvalue weighted by Gasteiger charge is 2.50. The summed E-state index contributed by atoms with van der Waals surface area (Å²) >= 11 is 0. The number of nitrogens with zero attached hydrogens (tertiary/aromatic N) is 2. The van der Waals surface area contributed by atoms with Gasteiger partial charge in [-0.3, -0.25) is 9.69 Å². The van der Waals surface area contributed by atoms with E-state index in [9.17, 15) is 18.7 Å². The van der Waals surface area contributed by atoms with Crippen LogP contribution >= 0.6 is 0 Å². The van der Waals surface area contributed by atoms with Crippen LogP contribution < -0.4 is 0 Å². The predicted octanol–water partition coefficient (Wildman–Crippen LogP) is 4.14. The summed E-state index contributed by atoms with van der Waals surface area (Å²) in [5, 5.41) is 11.6. The summed E-state index contributed by atoms with van der Waals surface area (Å²) in [6.45, 7) is 6.11. The molecule has 0 bridgehead atoms. The van der Waals surface area contributed by atoms with Crippen LogP contribution in [0.5, 0.6) is 0 Å². The molecule has 176 valence electrons. The normalized spacial score (nSPS) is 32.8. The largest absolute Gasteiger partial charge is 0.384 e. The van der Waals surface area contributed by atoms with Crippen molar-refractivity contribution in [2.75, 3.05) is 26.2 Å². The van der Waals surface area contributed by atoms with Crippen LogP contribution in [0.15, 0.2) is 48.5 Å². The molecule has 2 unspecified atom stereocenters. The third-order valence-electron chi connectivity index (χ3n) is 8.13. The van der Waals surface area contributed by atoms with E-state index in [1.54, 1.807) is 0 Å². The summed E-state index contributed by atoms with van der Waals surface area (Å²) in [4.78, 5) is 18.0. The topological polar surface area (TPSA) is 43.8 Å². The number of amides is 1. The van der Waals surface area contributed by atoms with Gasteiger partial charge in [0.25, 0.3) is 0 Å². The van der Waals surface area contributed by atoms with Crippen molar-refractivity contribution in [2.24, 2.45) is 17.8 Å². The van der Waals surface area contributed by atoms with E-state index >= 15 is 0 Å². The molecule has 1 saturated carbocycles. The van der Waals surface area contributed by atoms with Gasteiger partial charge in [0.15, 0.2) is 0 Å². The molecule has 0 aromatic heterocycles. The molecule has 3 aliphatic rings. The molecule has 3 fully saturated rings. The second kappa shape index (κ2) is 8.48. The van der Waals surface area contributed by atoms with Crippen molar-refractivity contribution in [1.82, 2.24) is 9.80 Å². The highest BCUT2D eigenvalue weighted by Crippen LogP contribution is 2.44. The van der Waals surface area contributed by atoms with Gasteiger partial charge in [0.2, 0.25) is 5.91 Å². The first-order valence-electron chi connectivity index (χ1n) is 12.0. The average molecular weight is 455 g/mol. The molecule has 2 aliphatic heterocycles. The first-order valence-corrected chi connectivity index (χ1v) is 12.0. The van der Waals surface area contributed by atoms with Gasteiger partial charge in [-0.25, -0.2) is 8.78 Å². The molecular weight excluding hydrogens is 422 g/mol. The van der Waals surface area contributed by atoms with E-state index in [1.165, 1.54) is 12.1 Å². The van der Waals surface area contributed by atoms with Gasteiger partial charge in [-0.05, 0) is 30.0 Å². The monoisotopic (exact) mass is 454 g/mol. The van der Waals surface area contributed by atoms with Crippen LogP contribution in [0.1, 0.15) is 43.7 Å². The summed E-state index contributed by atoms with van der Waals surface area (Å²) in [5.41, 5.74) is 0.303. The lowest BCUT2D eigenvalue weighted by Gasteiger charge is -2.48. The molecule has 2 aromatic carbocycles. The molecule has 1 amide bonds. The van der Waals surface area contributed by atoms with E-state index in [2.05, 4.69) is 4.90 Å². The van der Waals surface area contributed by atoms with Gasteiger partial charge in [0.05, 0.1) is 11.5 Å². The predicted molar refractivity (Wildman–Crippen MR) is 122 cm³/mol. The lowest BCUT2D eigenvalue weighted by Crippen LogP contribution is -2.57. The highest BCUT2D eigenvalue weighted by atomic mass is 19.1. The van der Waals surface area contributed by atoms with Crippen LogP contribution in [0.3, 0.4) is 0 Å². The standard InChI is InChI=1S/C27H32F2N2O2/c1-17-13-31(14-18(2)27(17,33)19-6-4-3-5-7-19)26(32)24-16-30(21-9-10-21)15-23(24)22-11-8-20(28)12-25(22)29/h3-8,11-12,17-18,21,23-24,33H,9-10,13-16H2,1-2H3/t17-,18?,23+,24-,27?/m1/s1. The third kappa shape index (κ3) is 3.97. The molecule has 1 aliphatic carbocycles. The summed E-state index contributed by atoms with van der Waals surface area (Å²) in [7, 11) is 0. The van der Waals surface area contributed by atoms with Crippen LogP contribution in [-0.4, -0.2) is 53.0 Å². The molecule has 4 nitrogen and oxygen atoms in total. The molecule has 6 heteroatoms. The number of hydrogen-bond donors (Lipinski definition) is 1. The average Bonchev–Trinajstić information content (AvgIpc) is 3.56. The Bertz CT molecular complexity index is 1010. The Kier molecular flexibility index (Phi) is 5.78. The van der Waals surface area contributed by atoms with Crippen LogP contribution in [0.4, 0.5) is 8.78 Å². The summed E-state index contributed by atoms with van der Waals surface area (Å²) in [5.74, 6) is -2.11. The van der Waals surface area contributed by atoms with Gasteiger partial charge in [-0.2, -0.15) is 0 Å². The van der Waals surface area contributed by atoms with Gasteiger partial charge >= 0.3 is 0 Å². The number of piperidine rings is 1. The third-order valence-corrected chi connectivity index (χ3v) is 8.13. The SMILES string of the molecule is CC1CN(C(=O)[C@@H]2CN(C3CC3)C[C@H]2c2ccc(F)cc2F)C[C@@H](C)C1(O)c1ccccc1. The van der Waals surface area contributed by atoms with Gasteiger partial charge in [0.1, 0.15) is 11.6 Å². The fraction of sp³-hybridized carbons (Fsp3) is 0.519. The van der Waals surface area contributed by atoms with E-state index < -0.39 is 17.2 Å². The Morgan fingerprint density at radius 3 is 2.24 bits per heavy atom. The maximum absolute atomic E-state index is 14.7. The summed E-state index contributed by atoms with van der Waals surface area (Å²) < 4.78 is 28.3. The van der Waals surface area contributed by atoms with Crippen LogP contribution in [0, 0.1) is 29.4 Å². The fourth-order valence-corrected chi connectivity index (χ4v) is 6.13. The van der Waals surface area contributed by atoms with Crippen LogP contribution in [-0.2, 0) is 10.4 Å². The van der Waals surface area contributed by atoms with Crippen LogP contribution in [0.2, 0.25) is 0 Å². The molecule has 0 spiro atoms. The van der Waals surface area contributed by atoms with Crippen molar-refractivity contribution < 1.29 is 18.7 Å². The van der Waals surface area contributed by atoms with Crippen molar-refractivity contribution in [3.05, 3.63) is 71.3 Å². The molecule has 1 N–H and O–H groups in total. The first kappa shape index (κ1) is 22.5. The molecule has 33 heavy (non-hydrogen) atoms. The fourth-order valence-electron chi connectivity index (χ4n) is 6.13. The lowest BCUT2D eigenvalue weighted by atomic mass is 9.70. The Hall–Kier alpha value is -2.31. The zero-order chi connectivity index (χ0) is 23.3. The number of hydrogen-bond acceptors (Lipinski definition) is 3. The van der Waals surface area contributed by atoms with Crippen LogP contribution in [0.25, 0.3) is 0 Å². The number of likely N-dealkylation sites (tertiary alicyclic amines) is 2. The molecule has 0 radical (unpaired) electrons. The summed E-state index contributed by atoms with van der Waals surface area (Å²) in [6.07, 6.45) is 2.23. The number of rotatable bonds is 4. The second-order valence-corrected chi connectivity index (χ2v) is 10.3. The molecule has 2 aromatic rings. The number of aliphatic hydroxyl groups is 1. The molecular formula is C27H32F2N2O2. The van der Waals surface area contributed by atoms with Crippen molar-refractivity contribution in [1.29, 1.82) is 0 Å². The van der Waals surface area contributed by atoms with Gasteiger partial charge in [-0.1, -0.05) is 50.2 Å². The molecule has 5 rings (SSSR count).